The van der Waals surface area contributed by atoms with Crippen LogP contribution >= 0.6 is 0 Å². The molecule has 1 fully saturated rings. The molecule has 0 spiro atoms. The van der Waals surface area contributed by atoms with Crippen LogP contribution < -0.4 is 0 Å². The summed E-state index contributed by atoms with van der Waals surface area (Å²) in [6.07, 6.45) is 2.53. The number of carboxylic acids is 1. The number of carbonyl (C=O) groups is 2. The number of aromatic nitrogens is 1. The first kappa shape index (κ1) is 14.5. The molecule has 1 aliphatic rings. The Morgan fingerprint density at radius 1 is 1.45 bits per heavy atom. The highest BCUT2D eigenvalue weighted by Crippen LogP contribution is 2.31. The number of aryl methyl sites for hydroxylation is 2. The smallest absolute Gasteiger partial charge is 0.303 e. The van der Waals surface area contributed by atoms with Gasteiger partial charge < -0.3 is 10.0 Å². The lowest BCUT2D eigenvalue weighted by Crippen LogP contribution is -2.28. The molecule has 1 aromatic rings. The van der Waals surface area contributed by atoms with Crippen LogP contribution in [0.15, 0.2) is 12.1 Å². The van der Waals surface area contributed by atoms with Crippen molar-refractivity contribution >= 4 is 11.9 Å². The summed E-state index contributed by atoms with van der Waals surface area (Å²) in [6.45, 7) is 4.26. The fourth-order valence-corrected chi connectivity index (χ4v) is 2.79. The number of hydrogen-bond donors (Lipinski definition) is 1. The van der Waals surface area contributed by atoms with Gasteiger partial charge in [0, 0.05) is 25.6 Å². The van der Waals surface area contributed by atoms with Crippen LogP contribution in [0.4, 0.5) is 0 Å². The highest BCUT2D eigenvalue weighted by molar-refractivity contribution is 5.74. The van der Waals surface area contributed by atoms with Gasteiger partial charge in [0.1, 0.15) is 0 Å². The van der Waals surface area contributed by atoms with E-state index in [-0.39, 0.29) is 18.4 Å². The van der Waals surface area contributed by atoms with Crippen molar-refractivity contribution in [2.24, 2.45) is 0 Å². The van der Waals surface area contributed by atoms with Crippen LogP contribution in [0.25, 0.3) is 0 Å². The number of carbonyl (C=O) groups excluding carboxylic acids is 1. The van der Waals surface area contributed by atoms with Gasteiger partial charge in [-0.25, -0.2) is 0 Å². The van der Waals surface area contributed by atoms with Gasteiger partial charge in [-0.1, -0.05) is 0 Å². The second kappa shape index (κ2) is 6.03. The molecule has 20 heavy (non-hydrogen) atoms. The van der Waals surface area contributed by atoms with E-state index in [9.17, 15) is 9.59 Å². The topological polar surface area (TPSA) is 70.5 Å². The van der Waals surface area contributed by atoms with Gasteiger partial charge in [0.25, 0.3) is 0 Å². The molecule has 2 rings (SSSR count). The fraction of sp³-hybridized carbons (Fsp3) is 0.533. The fourth-order valence-electron chi connectivity index (χ4n) is 2.79. The van der Waals surface area contributed by atoms with Crippen LogP contribution in [0.3, 0.4) is 0 Å². The average molecular weight is 276 g/mol. The van der Waals surface area contributed by atoms with Crippen molar-refractivity contribution < 1.29 is 14.7 Å². The van der Waals surface area contributed by atoms with Crippen LogP contribution in [-0.2, 0) is 16.0 Å². The molecule has 5 heteroatoms. The van der Waals surface area contributed by atoms with E-state index in [4.69, 9.17) is 5.11 Å². The van der Waals surface area contributed by atoms with Crippen molar-refractivity contribution in [3.05, 3.63) is 29.1 Å². The lowest BCUT2D eigenvalue weighted by atomic mass is 10.0. The molecule has 2 heterocycles. The third kappa shape index (κ3) is 3.35. The van der Waals surface area contributed by atoms with Crippen LogP contribution in [0.5, 0.6) is 0 Å². The molecule has 108 valence electrons. The van der Waals surface area contributed by atoms with E-state index < -0.39 is 5.97 Å². The number of pyridine rings is 1. The third-order valence-corrected chi connectivity index (χ3v) is 3.66. The summed E-state index contributed by atoms with van der Waals surface area (Å²) in [7, 11) is 0. The molecule has 1 aromatic heterocycles. The quantitative estimate of drug-likeness (QED) is 0.914. The van der Waals surface area contributed by atoms with Gasteiger partial charge in [-0.2, -0.15) is 0 Å². The molecule has 0 bridgehead atoms. The van der Waals surface area contributed by atoms with Gasteiger partial charge in [0.15, 0.2) is 0 Å². The molecule has 1 saturated heterocycles. The first-order valence-electron chi connectivity index (χ1n) is 6.94. The first-order chi connectivity index (χ1) is 9.47. The Balaban J connectivity index is 2.23. The average Bonchev–Trinajstić information content (AvgIpc) is 2.85. The molecule has 1 atom stereocenters. The van der Waals surface area contributed by atoms with E-state index >= 15 is 0 Å². The molecular formula is C15H20N2O3. The lowest BCUT2D eigenvalue weighted by Gasteiger charge is -2.23. The Morgan fingerprint density at radius 3 is 2.85 bits per heavy atom. The Kier molecular flexibility index (Phi) is 4.37. The largest absolute Gasteiger partial charge is 0.481 e. The Hall–Kier alpha value is -1.91. The summed E-state index contributed by atoms with van der Waals surface area (Å²) in [5.41, 5.74) is 2.74. The van der Waals surface area contributed by atoms with E-state index in [1.165, 1.54) is 0 Å². The lowest BCUT2D eigenvalue weighted by molar-refractivity contribution is -0.137. The molecule has 0 unspecified atom stereocenters. The number of amides is 1. The summed E-state index contributed by atoms with van der Waals surface area (Å²) in [5, 5.41) is 8.77. The van der Waals surface area contributed by atoms with Gasteiger partial charge in [-0.05, 0) is 43.9 Å². The van der Waals surface area contributed by atoms with Crippen LogP contribution in [-0.4, -0.2) is 33.4 Å². The van der Waals surface area contributed by atoms with Gasteiger partial charge in [-0.3, -0.25) is 14.6 Å². The maximum atomic E-state index is 11.6. The van der Waals surface area contributed by atoms with E-state index in [1.807, 2.05) is 24.0 Å². The monoisotopic (exact) mass is 276 g/mol. The molecule has 0 radical (unpaired) electrons. The number of carboxylic acid groups (broad SMARTS) is 1. The predicted octanol–water partition coefficient (Wildman–Crippen LogP) is 2.09. The molecule has 0 aliphatic carbocycles. The van der Waals surface area contributed by atoms with Crippen LogP contribution in [0, 0.1) is 6.92 Å². The Bertz CT molecular complexity index is 528. The second-order valence-electron chi connectivity index (χ2n) is 5.31. The van der Waals surface area contributed by atoms with Gasteiger partial charge in [0.2, 0.25) is 5.91 Å². The molecule has 1 N–H and O–H groups in total. The van der Waals surface area contributed by atoms with Gasteiger partial charge in [-0.15, -0.1) is 0 Å². The second-order valence-corrected chi connectivity index (χ2v) is 5.31. The highest BCUT2D eigenvalue weighted by atomic mass is 16.4. The Morgan fingerprint density at radius 2 is 2.20 bits per heavy atom. The zero-order valence-electron chi connectivity index (χ0n) is 11.9. The summed E-state index contributed by atoms with van der Waals surface area (Å²) < 4.78 is 0. The molecular weight excluding hydrogens is 256 g/mol. The van der Waals surface area contributed by atoms with Crippen molar-refractivity contribution in [2.75, 3.05) is 6.54 Å². The van der Waals surface area contributed by atoms with E-state index in [1.54, 1.807) is 6.92 Å². The minimum Gasteiger partial charge on any atom is -0.481 e. The van der Waals surface area contributed by atoms with E-state index in [2.05, 4.69) is 4.98 Å². The number of rotatable bonds is 4. The third-order valence-electron chi connectivity index (χ3n) is 3.66. The maximum Gasteiger partial charge on any atom is 0.303 e. The van der Waals surface area contributed by atoms with E-state index in [0.29, 0.717) is 6.42 Å². The summed E-state index contributed by atoms with van der Waals surface area (Å²) >= 11 is 0. The molecule has 1 aliphatic heterocycles. The molecule has 5 nitrogen and oxygen atoms in total. The number of aliphatic carboxylic acids is 1. The number of hydrogen-bond acceptors (Lipinski definition) is 3. The van der Waals surface area contributed by atoms with Gasteiger partial charge >= 0.3 is 5.97 Å². The van der Waals surface area contributed by atoms with Crippen molar-refractivity contribution in [1.82, 2.24) is 9.88 Å². The highest BCUT2D eigenvalue weighted by Gasteiger charge is 2.29. The van der Waals surface area contributed by atoms with Crippen molar-refractivity contribution in [3.8, 4) is 0 Å². The van der Waals surface area contributed by atoms with Crippen LogP contribution in [0.1, 0.15) is 49.2 Å². The molecule has 0 aromatic carbocycles. The molecule has 1 amide bonds. The summed E-state index contributed by atoms with van der Waals surface area (Å²) in [4.78, 5) is 28.7. The zero-order valence-corrected chi connectivity index (χ0v) is 11.9. The van der Waals surface area contributed by atoms with Crippen molar-refractivity contribution in [3.63, 3.8) is 0 Å². The number of nitrogens with zero attached hydrogens (tertiary/aromatic N) is 2. The normalized spacial score (nSPS) is 18.3. The Labute approximate surface area is 118 Å². The minimum absolute atomic E-state index is 0.0379. The van der Waals surface area contributed by atoms with Crippen LogP contribution in [0.2, 0.25) is 0 Å². The summed E-state index contributed by atoms with van der Waals surface area (Å²) in [5.74, 6) is -0.727. The standard InChI is InChI=1S/C15H20N2O3/c1-10-8-12(5-6-15(19)20)9-13(16-10)14-4-3-7-17(14)11(2)18/h8-9,14H,3-7H2,1-2H3,(H,19,20)/t14-/m0/s1. The van der Waals surface area contributed by atoms with Crippen molar-refractivity contribution in [1.29, 1.82) is 0 Å². The predicted molar refractivity (Wildman–Crippen MR) is 74.3 cm³/mol. The SMILES string of the molecule is CC(=O)N1CCC[C@H]1c1cc(CCC(=O)O)cc(C)n1. The van der Waals surface area contributed by atoms with E-state index in [0.717, 1.165) is 36.3 Å². The zero-order chi connectivity index (χ0) is 14.7. The maximum absolute atomic E-state index is 11.6. The first-order valence-corrected chi connectivity index (χ1v) is 6.94. The molecule has 0 saturated carbocycles. The minimum atomic E-state index is -0.799. The van der Waals surface area contributed by atoms with Crippen molar-refractivity contribution in [2.45, 2.75) is 45.6 Å². The summed E-state index contributed by atoms with van der Waals surface area (Å²) in [6, 6.07) is 3.90. The van der Waals surface area contributed by atoms with Gasteiger partial charge in [0.05, 0.1) is 11.7 Å². The number of likely N-dealkylation sites (tertiary alicyclic amines) is 1.